The van der Waals surface area contributed by atoms with E-state index in [4.69, 9.17) is 0 Å². The van der Waals surface area contributed by atoms with E-state index in [-0.39, 0.29) is 11.9 Å². The Balaban J connectivity index is 1.92. The van der Waals surface area contributed by atoms with Crippen molar-refractivity contribution < 1.29 is 18.0 Å². The molecular weight excluding hydrogens is 331 g/mol. The van der Waals surface area contributed by atoms with E-state index in [1.165, 1.54) is 12.1 Å². The maximum Gasteiger partial charge on any atom is 0.416 e. The Kier molecular flexibility index (Phi) is 4.24. The van der Waals surface area contributed by atoms with Crippen LogP contribution in [-0.2, 0) is 6.18 Å². The molecule has 0 saturated heterocycles. The fourth-order valence-electron chi connectivity index (χ4n) is 2.46. The van der Waals surface area contributed by atoms with Crippen molar-refractivity contribution in [3.63, 3.8) is 0 Å². The highest BCUT2D eigenvalue weighted by molar-refractivity contribution is 5.93. The van der Waals surface area contributed by atoms with Gasteiger partial charge in [-0.25, -0.2) is 4.98 Å². The molecule has 1 aromatic carbocycles. The second kappa shape index (κ2) is 6.23. The van der Waals surface area contributed by atoms with Crippen LogP contribution in [0.3, 0.4) is 0 Å². The van der Waals surface area contributed by atoms with Gasteiger partial charge in [-0.05, 0) is 49.2 Å². The third kappa shape index (κ3) is 3.65. The Morgan fingerprint density at radius 2 is 1.68 bits per heavy atom. The number of hydrogen-bond acceptors (Lipinski definition) is 2. The summed E-state index contributed by atoms with van der Waals surface area (Å²) >= 11 is 0. The summed E-state index contributed by atoms with van der Waals surface area (Å²) in [4.78, 5) is 16.3. The van der Waals surface area contributed by atoms with Crippen LogP contribution in [0, 0.1) is 0 Å². The number of benzene rings is 1. The lowest BCUT2D eigenvalue weighted by atomic mass is 10.1. The smallest absolute Gasteiger partial charge is 0.348 e. The van der Waals surface area contributed by atoms with Crippen molar-refractivity contribution in [3.8, 4) is 11.1 Å². The topological polar surface area (TPSA) is 46.4 Å². The van der Waals surface area contributed by atoms with Crippen LogP contribution in [-0.4, -0.2) is 21.3 Å². The van der Waals surface area contributed by atoms with E-state index < -0.39 is 11.7 Å². The number of alkyl halides is 3. The van der Waals surface area contributed by atoms with Crippen molar-refractivity contribution in [2.24, 2.45) is 0 Å². The molecule has 3 aromatic rings. The molecule has 0 radical (unpaired) electrons. The lowest BCUT2D eigenvalue weighted by Crippen LogP contribution is -2.30. The fourth-order valence-corrected chi connectivity index (χ4v) is 2.46. The third-order valence-corrected chi connectivity index (χ3v) is 3.65. The number of carbonyl (C=O) groups excluding carboxylic acids is 1. The lowest BCUT2D eigenvalue weighted by Gasteiger charge is -2.08. The molecule has 130 valence electrons. The number of pyridine rings is 1. The highest BCUT2D eigenvalue weighted by atomic mass is 19.4. The summed E-state index contributed by atoms with van der Waals surface area (Å²) < 4.78 is 39.6. The maximum absolute atomic E-state index is 12.6. The summed E-state index contributed by atoms with van der Waals surface area (Å²) in [5.74, 6) is -0.269. The van der Waals surface area contributed by atoms with Crippen molar-refractivity contribution in [2.75, 3.05) is 0 Å². The number of nitrogens with one attached hydrogen (secondary N) is 1. The first-order valence-electron chi connectivity index (χ1n) is 7.71. The largest absolute Gasteiger partial charge is 0.416 e. The Bertz CT molecular complexity index is 911. The molecule has 0 saturated carbocycles. The number of hydrogen-bond donors (Lipinski definition) is 1. The zero-order chi connectivity index (χ0) is 18.2. The van der Waals surface area contributed by atoms with Crippen LogP contribution in [0.4, 0.5) is 13.2 Å². The molecule has 2 aromatic heterocycles. The number of rotatable bonds is 3. The molecule has 1 N–H and O–H groups in total. The first-order chi connectivity index (χ1) is 11.7. The van der Waals surface area contributed by atoms with Gasteiger partial charge < -0.3 is 9.72 Å². The van der Waals surface area contributed by atoms with Crippen LogP contribution < -0.4 is 5.32 Å². The Morgan fingerprint density at radius 1 is 1.04 bits per heavy atom. The zero-order valence-corrected chi connectivity index (χ0v) is 13.6. The number of aromatic nitrogens is 2. The van der Waals surface area contributed by atoms with Gasteiger partial charge in [0.15, 0.2) is 0 Å². The number of halogens is 3. The van der Waals surface area contributed by atoms with E-state index in [1.54, 1.807) is 28.9 Å². The van der Waals surface area contributed by atoms with Gasteiger partial charge in [0.1, 0.15) is 11.3 Å². The summed E-state index contributed by atoms with van der Waals surface area (Å²) in [5, 5.41) is 2.77. The first-order valence-corrected chi connectivity index (χ1v) is 7.71. The molecule has 0 aliphatic rings. The van der Waals surface area contributed by atoms with Gasteiger partial charge in [0.25, 0.3) is 5.91 Å². The number of fused-ring (bicyclic) bond motifs is 1. The minimum Gasteiger partial charge on any atom is -0.348 e. The van der Waals surface area contributed by atoms with Gasteiger partial charge in [0.05, 0.1) is 5.56 Å². The van der Waals surface area contributed by atoms with Crippen molar-refractivity contribution >= 4 is 11.6 Å². The van der Waals surface area contributed by atoms with Gasteiger partial charge in [-0.2, -0.15) is 13.2 Å². The second-order valence-electron chi connectivity index (χ2n) is 6.01. The molecule has 1 amide bonds. The Hall–Kier alpha value is -2.83. The summed E-state index contributed by atoms with van der Waals surface area (Å²) in [6, 6.07) is 8.43. The Labute approximate surface area is 142 Å². The van der Waals surface area contributed by atoms with Crippen molar-refractivity contribution in [1.29, 1.82) is 0 Å². The van der Waals surface area contributed by atoms with Crippen LogP contribution >= 0.6 is 0 Å². The first kappa shape index (κ1) is 17.0. The van der Waals surface area contributed by atoms with E-state index in [0.717, 1.165) is 17.7 Å². The molecule has 2 heterocycles. The maximum atomic E-state index is 12.6. The SMILES string of the molecule is CC(C)NC(=O)c1cn2cc(-c3ccc(C(F)(F)F)cc3)ccc2n1. The average molecular weight is 347 g/mol. The molecule has 0 unspecified atom stereocenters. The highest BCUT2D eigenvalue weighted by Gasteiger charge is 2.29. The summed E-state index contributed by atoms with van der Waals surface area (Å²) in [6.45, 7) is 3.72. The van der Waals surface area contributed by atoms with Crippen LogP contribution in [0.1, 0.15) is 29.9 Å². The predicted octanol–water partition coefficient (Wildman–Crippen LogP) is 4.16. The fraction of sp³-hybridized carbons (Fsp3) is 0.222. The normalized spacial score (nSPS) is 11.9. The van der Waals surface area contributed by atoms with Crippen molar-refractivity contribution in [3.05, 3.63) is 60.0 Å². The summed E-state index contributed by atoms with van der Waals surface area (Å²) in [7, 11) is 0. The van der Waals surface area contributed by atoms with Crippen LogP contribution in [0.15, 0.2) is 48.8 Å². The van der Waals surface area contributed by atoms with E-state index in [1.807, 2.05) is 13.8 Å². The zero-order valence-electron chi connectivity index (χ0n) is 13.6. The number of nitrogens with zero attached hydrogens (tertiary/aromatic N) is 2. The average Bonchev–Trinajstić information content (AvgIpc) is 2.97. The van der Waals surface area contributed by atoms with E-state index >= 15 is 0 Å². The second-order valence-corrected chi connectivity index (χ2v) is 6.01. The van der Waals surface area contributed by atoms with Gasteiger partial charge in [-0.3, -0.25) is 4.79 Å². The molecule has 0 fully saturated rings. The molecule has 0 spiro atoms. The van der Waals surface area contributed by atoms with Gasteiger partial charge in [0, 0.05) is 18.4 Å². The standard InChI is InChI=1S/C18H16F3N3O/c1-11(2)22-17(25)15-10-24-9-13(5-8-16(24)23-15)12-3-6-14(7-4-12)18(19,20)21/h3-11H,1-2H3,(H,22,25). The highest BCUT2D eigenvalue weighted by Crippen LogP contribution is 2.31. The van der Waals surface area contributed by atoms with Crippen LogP contribution in [0.2, 0.25) is 0 Å². The van der Waals surface area contributed by atoms with E-state index in [9.17, 15) is 18.0 Å². The molecule has 25 heavy (non-hydrogen) atoms. The number of amides is 1. The molecule has 0 atom stereocenters. The molecule has 0 bridgehead atoms. The van der Waals surface area contributed by atoms with Gasteiger partial charge in [-0.1, -0.05) is 12.1 Å². The van der Waals surface area contributed by atoms with Gasteiger partial charge in [0.2, 0.25) is 0 Å². The summed E-state index contributed by atoms with van der Waals surface area (Å²) in [5.41, 5.74) is 1.57. The minimum absolute atomic E-state index is 0.0000189. The van der Waals surface area contributed by atoms with E-state index in [0.29, 0.717) is 16.9 Å². The minimum atomic E-state index is -4.36. The lowest BCUT2D eigenvalue weighted by molar-refractivity contribution is -0.137. The number of imidazole rings is 1. The molecule has 4 nitrogen and oxygen atoms in total. The molecule has 0 aliphatic carbocycles. The Morgan fingerprint density at radius 3 is 2.28 bits per heavy atom. The molecular formula is C18H16F3N3O. The number of carbonyl (C=O) groups is 1. The van der Waals surface area contributed by atoms with Gasteiger partial charge in [-0.15, -0.1) is 0 Å². The van der Waals surface area contributed by atoms with Crippen molar-refractivity contribution in [2.45, 2.75) is 26.1 Å². The van der Waals surface area contributed by atoms with Crippen LogP contribution in [0.25, 0.3) is 16.8 Å². The van der Waals surface area contributed by atoms with Crippen LogP contribution in [0.5, 0.6) is 0 Å². The van der Waals surface area contributed by atoms with Crippen molar-refractivity contribution in [1.82, 2.24) is 14.7 Å². The monoisotopic (exact) mass is 347 g/mol. The molecule has 7 heteroatoms. The predicted molar refractivity (Wildman–Crippen MR) is 88.2 cm³/mol. The third-order valence-electron chi connectivity index (χ3n) is 3.65. The van der Waals surface area contributed by atoms with E-state index in [2.05, 4.69) is 10.3 Å². The quantitative estimate of drug-likeness (QED) is 0.773. The molecule has 3 rings (SSSR count). The summed E-state index contributed by atoms with van der Waals surface area (Å²) in [6.07, 6.45) is -1.02. The van der Waals surface area contributed by atoms with Gasteiger partial charge >= 0.3 is 6.18 Å². The molecule has 0 aliphatic heterocycles.